The van der Waals surface area contributed by atoms with Gasteiger partial charge in [0.1, 0.15) is 11.9 Å². The van der Waals surface area contributed by atoms with E-state index in [0.717, 1.165) is 0 Å². The zero-order valence-electron chi connectivity index (χ0n) is 21.6. The van der Waals surface area contributed by atoms with E-state index >= 15 is 0 Å². The summed E-state index contributed by atoms with van der Waals surface area (Å²) in [5.41, 5.74) is 0.534. The highest BCUT2D eigenvalue weighted by atomic mass is 35.5. The SMILES string of the molecule is CNC(=N)NCCC[C@H](NC(=O)c1nc(C)n(-c2cc(Cl)cc(Cl)c2)n1)C(=O)N[C@H](CC(C)C)C(C)=O. The van der Waals surface area contributed by atoms with Crippen molar-refractivity contribution in [2.45, 2.75) is 59.0 Å². The number of rotatable bonds is 12. The van der Waals surface area contributed by atoms with Crippen LogP contribution in [0.4, 0.5) is 0 Å². The van der Waals surface area contributed by atoms with Crippen LogP contribution < -0.4 is 21.3 Å². The molecule has 2 aromatic rings. The molecule has 1 heterocycles. The number of halogens is 2. The predicted octanol–water partition coefficient (Wildman–Crippen LogP) is 2.62. The number of aromatic nitrogens is 3. The monoisotopic (exact) mass is 552 g/mol. The lowest BCUT2D eigenvalue weighted by molar-refractivity contribution is -0.128. The molecule has 2 amide bonds. The maximum atomic E-state index is 13.1. The number of guanidine groups is 1. The Hall–Kier alpha value is -3.18. The van der Waals surface area contributed by atoms with Crippen molar-refractivity contribution in [2.75, 3.05) is 13.6 Å². The molecule has 0 fully saturated rings. The Bertz CT molecular complexity index is 1110. The van der Waals surface area contributed by atoms with Crippen LogP contribution in [0.15, 0.2) is 18.2 Å². The first kappa shape index (κ1) is 30.0. The van der Waals surface area contributed by atoms with Gasteiger partial charge in [0.05, 0.1) is 11.7 Å². The van der Waals surface area contributed by atoms with Crippen LogP contribution in [-0.4, -0.2) is 64.0 Å². The summed E-state index contributed by atoms with van der Waals surface area (Å²) < 4.78 is 1.43. The largest absolute Gasteiger partial charge is 0.360 e. The van der Waals surface area contributed by atoms with Crippen molar-refractivity contribution in [3.63, 3.8) is 0 Å². The second kappa shape index (κ2) is 13.9. The molecular weight excluding hydrogens is 519 g/mol. The highest BCUT2D eigenvalue weighted by Crippen LogP contribution is 2.22. The second-order valence-corrected chi connectivity index (χ2v) is 9.92. The quantitative estimate of drug-likeness (QED) is 0.154. The summed E-state index contributed by atoms with van der Waals surface area (Å²) in [5, 5.41) is 23.7. The molecule has 0 aliphatic carbocycles. The van der Waals surface area contributed by atoms with Gasteiger partial charge in [0.15, 0.2) is 11.7 Å². The first-order chi connectivity index (χ1) is 17.4. The Labute approximate surface area is 226 Å². The normalized spacial score (nSPS) is 12.5. The van der Waals surface area contributed by atoms with E-state index in [1.54, 1.807) is 32.2 Å². The smallest absolute Gasteiger partial charge is 0.291 e. The van der Waals surface area contributed by atoms with E-state index in [0.29, 0.717) is 40.9 Å². The number of Topliss-reactive ketones (excluding diaryl/α,β-unsaturated/α-hetero) is 1. The summed E-state index contributed by atoms with van der Waals surface area (Å²) in [6, 6.07) is 3.25. The Morgan fingerprint density at radius 2 is 1.73 bits per heavy atom. The maximum absolute atomic E-state index is 13.1. The Balaban J connectivity index is 2.21. The molecule has 0 spiro atoms. The van der Waals surface area contributed by atoms with E-state index < -0.39 is 23.9 Å². The minimum absolute atomic E-state index is 0.133. The van der Waals surface area contributed by atoms with E-state index in [9.17, 15) is 14.4 Å². The molecule has 0 unspecified atom stereocenters. The minimum Gasteiger partial charge on any atom is -0.360 e. The van der Waals surface area contributed by atoms with Crippen LogP contribution in [0, 0.1) is 18.3 Å². The zero-order chi connectivity index (χ0) is 27.7. The fraction of sp³-hybridized carbons (Fsp3) is 0.500. The molecule has 2 rings (SSSR count). The number of hydrogen-bond acceptors (Lipinski definition) is 6. The van der Waals surface area contributed by atoms with Crippen molar-refractivity contribution >= 4 is 46.8 Å². The summed E-state index contributed by atoms with van der Waals surface area (Å²) in [4.78, 5) is 42.5. The van der Waals surface area contributed by atoms with Crippen molar-refractivity contribution in [1.29, 1.82) is 5.41 Å². The lowest BCUT2D eigenvalue weighted by Crippen LogP contribution is -2.52. The van der Waals surface area contributed by atoms with E-state index in [4.69, 9.17) is 28.6 Å². The molecule has 0 saturated carbocycles. The fourth-order valence-corrected chi connectivity index (χ4v) is 4.08. The zero-order valence-corrected chi connectivity index (χ0v) is 23.1. The number of amides is 2. The molecule has 0 bridgehead atoms. The van der Waals surface area contributed by atoms with Gasteiger partial charge in [-0.2, -0.15) is 0 Å². The van der Waals surface area contributed by atoms with Crippen molar-refractivity contribution in [3.8, 4) is 5.69 Å². The molecule has 13 heteroatoms. The lowest BCUT2D eigenvalue weighted by Gasteiger charge is -2.23. The molecule has 1 aromatic heterocycles. The van der Waals surface area contributed by atoms with Gasteiger partial charge < -0.3 is 21.3 Å². The van der Waals surface area contributed by atoms with Crippen LogP contribution in [0.25, 0.3) is 5.69 Å². The lowest BCUT2D eigenvalue weighted by atomic mass is 10.00. The first-order valence-electron chi connectivity index (χ1n) is 11.9. The predicted molar refractivity (Wildman–Crippen MR) is 143 cm³/mol. The van der Waals surface area contributed by atoms with E-state index in [1.807, 2.05) is 13.8 Å². The highest BCUT2D eigenvalue weighted by molar-refractivity contribution is 6.34. The first-order valence-corrected chi connectivity index (χ1v) is 12.7. The van der Waals surface area contributed by atoms with Crippen LogP contribution >= 0.6 is 23.2 Å². The second-order valence-electron chi connectivity index (χ2n) is 9.04. The Morgan fingerprint density at radius 1 is 1.08 bits per heavy atom. The fourth-order valence-electron chi connectivity index (χ4n) is 3.56. The standard InChI is InChI=1S/C24H34Cl2N8O3/c1-13(2)9-20(14(3)35)32-22(36)19(7-6-8-29-24(27)28-5)31-23(37)21-30-15(4)34(33-21)18-11-16(25)10-17(26)12-18/h10-13,19-20H,6-9H2,1-5H3,(H,31,37)(H,32,36)(H3,27,28,29)/t19-,20+/m0/s1. The van der Waals surface area contributed by atoms with E-state index in [2.05, 4.69) is 31.3 Å². The van der Waals surface area contributed by atoms with Gasteiger partial charge in [-0.05, 0) is 57.2 Å². The average Bonchev–Trinajstić information content (AvgIpc) is 3.20. The van der Waals surface area contributed by atoms with E-state index in [1.165, 1.54) is 11.6 Å². The molecule has 1 aromatic carbocycles. The van der Waals surface area contributed by atoms with Gasteiger partial charge in [0.25, 0.3) is 5.91 Å². The summed E-state index contributed by atoms with van der Waals surface area (Å²) in [6.45, 7) is 7.43. The molecule has 0 aliphatic heterocycles. The third-order valence-corrected chi connectivity index (χ3v) is 5.86. The summed E-state index contributed by atoms with van der Waals surface area (Å²) in [6.07, 6.45) is 1.21. The number of benzene rings is 1. The number of nitrogens with one attached hydrogen (secondary N) is 5. The van der Waals surface area contributed by atoms with Gasteiger partial charge in [-0.25, -0.2) is 9.67 Å². The van der Waals surface area contributed by atoms with Crippen LogP contribution in [0.1, 0.15) is 56.5 Å². The van der Waals surface area contributed by atoms with E-state index in [-0.39, 0.29) is 29.9 Å². The maximum Gasteiger partial charge on any atom is 0.291 e. The molecule has 2 atom stereocenters. The Kier molecular flexibility index (Phi) is 11.3. The molecule has 202 valence electrons. The summed E-state index contributed by atoms with van der Waals surface area (Å²) in [7, 11) is 1.62. The molecule has 0 saturated heterocycles. The van der Waals surface area contributed by atoms with Crippen molar-refractivity contribution in [2.24, 2.45) is 5.92 Å². The molecule has 5 N–H and O–H groups in total. The van der Waals surface area contributed by atoms with Gasteiger partial charge in [-0.15, -0.1) is 5.10 Å². The molecule has 37 heavy (non-hydrogen) atoms. The Morgan fingerprint density at radius 3 is 2.30 bits per heavy atom. The number of carbonyl (C=O) groups is 3. The van der Waals surface area contributed by atoms with Crippen LogP contribution in [0.2, 0.25) is 10.0 Å². The van der Waals surface area contributed by atoms with Crippen LogP contribution in [-0.2, 0) is 9.59 Å². The van der Waals surface area contributed by atoms with Gasteiger partial charge in [-0.1, -0.05) is 37.0 Å². The van der Waals surface area contributed by atoms with Gasteiger partial charge in [-0.3, -0.25) is 19.8 Å². The number of hydrogen-bond donors (Lipinski definition) is 5. The van der Waals surface area contributed by atoms with Crippen LogP contribution in [0.3, 0.4) is 0 Å². The van der Waals surface area contributed by atoms with Gasteiger partial charge >= 0.3 is 0 Å². The minimum atomic E-state index is -0.944. The third kappa shape index (κ3) is 9.32. The molecular formula is C24H34Cl2N8O3. The van der Waals surface area contributed by atoms with Crippen LogP contribution in [0.5, 0.6) is 0 Å². The molecule has 0 radical (unpaired) electrons. The number of nitrogens with zero attached hydrogens (tertiary/aromatic N) is 3. The van der Waals surface area contributed by atoms with Crippen molar-refractivity contribution < 1.29 is 14.4 Å². The third-order valence-electron chi connectivity index (χ3n) is 5.42. The number of carbonyl (C=O) groups excluding carboxylic acids is 3. The highest BCUT2D eigenvalue weighted by Gasteiger charge is 2.27. The van der Waals surface area contributed by atoms with Gasteiger partial charge in [0.2, 0.25) is 11.7 Å². The van der Waals surface area contributed by atoms with Gasteiger partial charge in [0, 0.05) is 23.6 Å². The summed E-state index contributed by atoms with van der Waals surface area (Å²) in [5.74, 6) is -0.655. The van der Waals surface area contributed by atoms with Crippen molar-refractivity contribution in [1.82, 2.24) is 36.0 Å². The molecule has 11 nitrogen and oxygen atoms in total. The molecule has 0 aliphatic rings. The topological polar surface area (TPSA) is 154 Å². The summed E-state index contributed by atoms with van der Waals surface area (Å²) >= 11 is 12.2. The average molecular weight is 553 g/mol. The number of aryl methyl sites for hydroxylation is 1. The number of ketones is 1. The van der Waals surface area contributed by atoms with Crippen molar-refractivity contribution in [3.05, 3.63) is 39.9 Å².